The molecule has 5 N–H and O–H groups in total. The zero-order valence-electron chi connectivity index (χ0n) is 15.5. The van der Waals surface area contributed by atoms with E-state index in [0.29, 0.717) is 10.6 Å². The monoisotopic (exact) mass is 419 g/mol. The van der Waals surface area contributed by atoms with Gasteiger partial charge in [0.1, 0.15) is 18.7 Å². The number of nitrogens with two attached hydrogens (primary N) is 1. The zero-order chi connectivity index (χ0) is 21.2. The standard InChI is InChI=1S/C20H22ClN3O5/c21-15-8-4-7-14(9-15)10-16(18(22)26)23-19(27)17(11-25)24-20(28)29-12-13-5-2-1-3-6-13/h1-9,16-17,25H,10-12H2,(H2,22,26)(H,23,27)(H,24,28)/t16-,17+/m1/s1. The number of carbonyl (C=O) groups excluding carboxylic acids is 3. The molecule has 0 saturated heterocycles. The molecule has 154 valence electrons. The number of nitrogens with one attached hydrogen (secondary N) is 2. The van der Waals surface area contributed by atoms with Crippen LogP contribution in [-0.2, 0) is 27.4 Å². The molecule has 2 aromatic carbocycles. The predicted octanol–water partition coefficient (Wildman–Crippen LogP) is 1.14. The van der Waals surface area contributed by atoms with Crippen LogP contribution in [0.25, 0.3) is 0 Å². The molecule has 0 heterocycles. The number of hydrogen-bond donors (Lipinski definition) is 4. The maximum Gasteiger partial charge on any atom is 0.408 e. The second-order valence-electron chi connectivity index (χ2n) is 6.24. The summed E-state index contributed by atoms with van der Waals surface area (Å²) in [5.74, 6) is -1.53. The van der Waals surface area contributed by atoms with Gasteiger partial charge >= 0.3 is 6.09 Å². The summed E-state index contributed by atoms with van der Waals surface area (Å²) >= 11 is 5.92. The number of carbonyl (C=O) groups is 3. The number of benzene rings is 2. The Balaban J connectivity index is 1.92. The summed E-state index contributed by atoms with van der Waals surface area (Å²) in [5, 5.41) is 14.6. The van der Waals surface area contributed by atoms with E-state index < -0.39 is 36.6 Å². The first kappa shape index (κ1) is 22.2. The lowest BCUT2D eigenvalue weighted by atomic mass is 10.0. The Bertz CT molecular complexity index is 847. The van der Waals surface area contributed by atoms with Gasteiger partial charge in [-0.1, -0.05) is 54.1 Å². The van der Waals surface area contributed by atoms with Crippen LogP contribution in [0.2, 0.25) is 5.02 Å². The molecular weight excluding hydrogens is 398 g/mol. The van der Waals surface area contributed by atoms with Crippen LogP contribution in [0.3, 0.4) is 0 Å². The number of alkyl carbamates (subject to hydrolysis) is 1. The fraction of sp³-hybridized carbons (Fsp3) is 0.250. The molecule has 0 unspecified atom stereocenters. The number of aliphatic hydroxyl groups is 1. The van der Waals surface area contributed by atoms with Crippen molar-refractivity contribution in [3.8, 4) is 0 Å². The van der Waals surface area contributed by atoms with Gasteiger partial charge in [0, 0.05) is 11.4 Å². The number of primary amides is 1. The van der Waals surface area contributed by atoms with Crippen molar-refractivity contribution in [1.29, 1.82) is 0 Å². The molecule has 0 aliphatic rings. The van der Waals surface area contributed by atoms with Gasteiger partial charge in [-0.25, -0.2) is 4.79 Å². The Morgan fingerprint density at radius 2 is 1.69 bits per heavy atom. The third kappa shape index (κ3) is 7.44. The normalized spacial score (nSPS) is 12.5. The Kier molecular flexibility index (Phi) is 8.45. The average Bonchev–Trinajstić information content (AvgIpc) is 2.70. The van der Waals surface area contributed by atoms with Crippen LogP contribution in [0, 0.1) is 0 Å². The van der Waals surface area contributed by atoms with E-state index in [2.05, 4.69) is 10.6 Å². The van der Waals surface area contributed by atoms with E-state index in [1.165, 1.54) is 0 Å². The predicted molar refractivity (Wildman–Crippen MR) is 107 cm³/mol. The van der Waals surface area contributed by atoms with E-state index in [1.54, 1.807) is 48.5 Å². The molecule has 29 heavy (non-hydrogen) atoms. The highest BCUT2D eigenvalue weighted by Crippen LogP contribution is 2.12. The van der Waals surface area contributed by atoms with Crippen molar-refractivity contribution in [2.75, 3.05) is 6.61 Å². The maximum atomic E-state index is 12.4. The van der Waals surface area contributed by atoms with Crippen molar-refractivity contribution in [1.82, 2.24) is 10.6 Å². The molecule has 0 spiro atoms. The van der Waals surface area contributed by atoms with E-state index in [-0.39, 0.29) is 13.0 Å². The number of aliphatic hydroxyl groups excluding tert-OH is 1. The van der Waals surface area contributed by atoms with Crippen molar-refractivity contribution >= 4 is 29.5 Å². The minimum Gasteiger partial charge on any atom is -0.445 e. The highest BCUT2D eigenvalue weighted by atomic mass is 35.5. The van der Waals surface area contributed by atoms with Crippen molar-refractivity contribution in [3.05, 3.63) is 70.7 Å². The summed E-state index contributed by atoms with van der Waals surface area (Å²) in [4.78, 5) is 36.0. The zero-order valence-corrected chi connectivity index (χ0v) is 16.3. The fourth-order valence-electron chi connectivity index (χ4n) is 2.50. The molecule has 0 aliphatic heterocycles. The number of rotatable bonds is 9. The van der Waals surface area contributed by atoms with Crippen molar-refractivity contribution in [2.24, 2.45) is 5.73 Å². The number of hydrogen-bond acceptors (Lipinski definition) is 5. The molecule has 0 fully saturated rings. The Morgan fingerprint density at radius 3 is 2.31 bits per heavy atom. The molecule has 2 atom stereocenters. The van der Waals surface area contributed by atoms with Gasteiger partial charge in [-0.15, -0.1) is 0 Å². The Labute approximate surface area is 173 Å². The minimum absolute atomic E-state index is 0.00508. The fourth-order valence-corrected chi connectivity index (χ4v) is 2.71. The van der Waals surface area contributed by atoms with Crippen LogP contribution >= 0.6 is 11.6 Å². The van der Waals surface area contributed by atoms with Crippen molar-refractivity contribution in [2.45, 2.75) is 25.1 Å². The molecule has 0 bridgehead atoms. The summed E-state index contributed by atoms with van der Waals surface area (Å²) in [7, 11) is 0. The van der Waals surface area contributed by atoms with Crippen molar-refractivity contribution in [3.63, 3.8) is 0 Å². The highest BCUT2D eigenvalue weighted by Gasteiger charge is 2.26. The minimum atomic E-state index is -1.31. The van der Waals surface area contributed by atoms with Crippen molar-refractivity contribution < 1.29 is 24.2 Å². The molecule has 8 nitrogen and oxygen atoms in total. The number of ether oxygens (including phenoxy) is 1. The first-order valence-electron chi connectivity index (χ1n) is 8.81. The van der Waals surface area contributed by atoms with Gasteiger partial charge < -0.3 is 26.2 Å². The van der Waals surface area contributed by atoms with Gasteiger partial charge in [0.05, 0.1) is 6.61 Å². The van der Waals surface area contributed by atoms with Gasteiger partial charge in [-0.05, 0) is 23.3 Å². The van der Waals surface area contributed by atoms with E-state index in [9.17, 15) is 19.5 Å². The largest absolute Gasteiger partial charge is 0.445 e. The molecule has 0 radical (unpaired) electrons. The molecule has 2 aromatic rings. The third-order valence-corrected chi connectivity index (χ3v) is 4.23. The molecule has 0 saturated carbocycles. The summed E-state index contributed by atoms with van der Waals surface area (Å²) in [6.45, 7) is -0.681. The summed E-state index contributed by atoms with van der Waals surface area (Å²) < 4.78 is 5.02. The van der Waals surface area contributed by atoms with E-state index in [1.807, 2.05) is 6.07 Å². The molecule has 3 amide bonds. The molecular formula is C20H22ClN3O5. The van der Waals surface area contributed by atoms with Crippen LogP contribution < -0.4 is 16.4 Å². The lowest BCUT2D eigenvalue weighted by Crippen LogP contribution is -2.54. The first-order valence-corrected chi connectivity index (χ1v) is 9.19. The van der Waals surface area contributed by atoms with Crippen LogP contribution in [0.4, 0.5) is 4.79 Å². The second-order valence-corrected chi connectivity index (χ2v) is 6.68. The molecule has 9 heteroatoms. The van der Waals surface area contributed by atoms with Gasteiger partial charge in [0.25, 0.3) is 0 Å². The van der Waals surface area contributed by atoms with E-state index in [0.717, 1.165) is 5.56 Å². The second kappa shape index (κ2) is 11.0. The van der Waals surface area contributed by atoms with E-state index in [4.69, 9.17) is 22.1 Å². The lowest BCUT2D eigenvalue weighted by molar-refractivity contribution is -0.129. The Morgan fingerprint density at radius 1 is 1.00 bits per heavy atom. The van der Waals surface area contributed by atoms with Gasteiger partial charge in [-0.3, -0.25) is 9.59 Å². The summed E-state index contributed by atoms with van der Waals surface area (Å²) in [5.41, 5.74) is 6.82. The lowest BCUT2D eigenvalue weighted by Gasteiger charge is -2.20. The maximum absolute atomic E-state index is 12.4. The highest BCUT2D eigenvalue weighted by molar-refractivity contribution is 6.30. The SMILES string of the molecule is NC(=O)[C@@H](Cc1cccc(Cl)c1)NC(=O)[C@H](CO)NC(=O)OCc1ccccc1. The van der Waals surface area contributed by atoms with Gasteiger partial charge in [-0.2, -0.15) is 0 Å². The van der Waals surface area contributed by atoms with E-state index >= 15 is 0 Å². The number of amides is 3. The summed E-state index contributed by atoms with van der Waals surface area (Å²) in [6, 6.07) is 13.4. The van der Waals surface area contributed by atoms with Gasteiger partial charge in [0.2, 0.25) is 11.8 Å². The molecule has 0 aromatic heterocycles. The van der Waals surface area contributed by atoms with Crippen LogP contribution in [0.1, 0.15) is 11.1 Å². The van der Waals surface area contributed by atoms with Gasteiger partial charge in [0.15, 0.2) is 0 Å². The molecule has 2 rings (SSSR count). The van der Waals surface area contributed by atoms with Crippen LogP contribution in [0.15, 0.2) is 54.6 Å². The van der Waals surface area contributed by atoms with Crippen LogP contribution in [0.5, 0.6) is 0 Å². The number of halogens is 1. The summed E-state index contributed by atoms with van der Waals surface area (Å²) in [6.07, 6.45) is -0.772. The first-order chi connectivity index (χ1) is 13.9. The average molecular weight is 420 g/mol. The smallest absolute Gasteiger partial charge is 0.408 e. The molecule has 0 aliphatic carbocycles. The van der Waals surface area contributed by atoms with Crippen LogP contribution in [-0.4, -0.2) is 41.7 Å². The quantitative estimate of drug-likeness (QED) is 0.484. The Hall–Kier alpha value is -3.10. The topological polar surface area (TPSA) is 131 Å². The third-order valence-electron chi connectivity index (χ3n) is 3.99.